The summed E-state index contributed by atoms with van der Waals surface area (Å²) < 4.78 is 12.0. The molecule has 1 saturated carbocycles. The van der Waals surface area contributed by atoms with E-state index >= 15 is 0 Å². The number of carbonyl (C=O) groups is 1. The molecule has 31 heavy (non-hydrogen) atoms. The van der Waals surface area contributed by atoms with Crippen molar-refractivity contribution in [3.05, 3.63) is 36.8 Å². The highest BCUT2D eigenvalue weighted by atomic mass is 127. The van der Waals surface area contributed by atoms with Crippen LogP contribution in [0.4, 0.5) is 0 Å². The van der Waals surface area contributed by atoms with Gasteiger partial charge in [-0.1, -0.05) is 48.4 Å². The van der Waals surface area contributed by atoms with Crippen molar-refractivity contribution in [1.29, 1.82) is 0 Å². The molecule has 0 unspecified atom stereocenters. The number of fused-ring (bicyclic) bond motifs is 1. The van der Waals surface area contributed by atoms with Gasteiger partial charge in [0.05, 0.1) is 5.41 Å². The third-order valence-electron chi connectivity index (χ3n) is 5.63. The number of halogens is 1. The highest BCUT2D eigenvalue weighted by molar-refractivity contribution is 14.1. The topological polar surface area (TPSA) is 88.1 Å². The molecule has 1 fully saturated rings. The summed E-state index contributed by atoms with van der Waals surface area (Å²) in [5.74, 6) is 0.567. The second-order valence-corrected chi connectivity index (χ2v) is 9.79. The third kappa shape index (κ3) is 4.80. The molecule has 0 atom stereocenters. The average Bonchev–Trinajstić information content (AvgIpc) is 3.36. The Morgan fingerprint density at radius 3 is 2.45 bits per heavy atom. The van der Waals surface area contributed by atoms with E-state index < -0.39 is 5.41 Å². The Balaban J connectivity index is 2.25. The minimum atomic E-state index is -0.653. The molecule has 2 aromatic heterocycles. The van der Waals surface area contributed by atoms with Gasteiger partial charge in [-0.05, 0) is 44.1 Å². The maximum atomic E-state index is 13.4. The molecule has 1 aliphatic rings. The van der Waals surface area contributed by atoms with Gasteiger partial charge in [0.2, 0.25) is 0 Å². The first-order valence-electron chi connectivity index (χ1n) is 10.9. The number of hydrogen-bond acceptors (Lipinski definition) is 5. The van der Waals surface area contributed by atoms with Gasteiger partial charge in [0, 0.05) is 19.0 Å². The van der Waals surface area contributed by atoms with Gasteiger partial charge in [-0.15, -0.1) is 0 Å². The molecule has 8 nitrogen and oxygen atoms in total. The summed E-state index contributed by atoms with van der Waals surface area (Å²) in [7, 11) is 0. The zero-order valence-corrected chi connectivity index (χ0v) is 20.8. The number of aromatic nitrogens is 4. The van der Waals surface area contributed by atoms with Crippen molar-refractivity contribution in [2.45, 2.75) is 85.5 Å². The second kappa shape index (κ2) is 9.70. The van der Waals surface area contributed by atoms with Crippen molar-refractivity contribution >= 4 is 39.7 Å². The number of hydrogen-bond donors (Lipinski definition) is 0. The number of esters is 1. The van der Waals surface area contributed by atoms with Crippen LogP contribution in [0, 0.1) is 5.41 Å². The Morgan fingerprint density at radius 2 is 1.87 bits per heavy atom. The Kier molecular flexibility index (Phi) is 7.43. The summed E-state index contributed by atoms with van der Waals surface area (Å²) >= 11 is 2.10. The van der Waals surface area contributed by atoms with E-state index in [1.165, 1.54) is 4.57 Å². The van der Waals surface area contributed by atoms with Crippen molar-refractivity contribution in [1.82, 2.24) is 18.7 Å². The van der Waals surface area contributed by atoms with Crippen LogP contribution in [-0.2, 0) is 29.4 Å². The van der Waals surface area contributed by atoms with Crippen LogP contribution in [0.3, 0.4) is 0 Å². The molecular formula is C22H31IN4O4. The number of carbonyl (C=O) groups excluding carboxylic acids is 1. The van der Waals surface area contributed by atoms with Crippen molar-refractivity contribution in [3.8, 4) is 0 Å². The van der Waals surface area contributed by atoms with Gasteiger partial charge in [-0.25, -0.2) is 9.78 Å². The molecule has 9 heteroatoms. The molecule has 0 bridgehead atoms. The second-order valence-electron chi connectivity index (χ2n) is 9.07. The molecule has 0 radical (unpaired) electrons. The first-order valence-corrected chi connectivity index (χ1v) is 12.1. The lowest BCUT2D eigenvalue weighted by atomic mass is 9.98. The van der Waals surface area contributed by atoms with Crippen LogP contribution in [0.1, 0.15) is 71.5 Å². The molecule has 0 N–H and O–H groups in total. The van der Waals surface area contributed by atoms with E-state index in [2.05, 4.69) is 22.6 Å². The minimum Gasteiger partial charge on any atom is -0.443 e. The third-order valence-corrected chi connectivity index (χ3v) is 6.13. The Hall–Kier alpha value is -1.91. The number of rotatable bonds is 7. The maximum absolute atomic E-state index is 13.4. The summed E-state index contributed by atoms with van der Waals surface area (Å²) in [6, 6.07) is 0. The predicted octanol–water partition coefficient (Wildman–Crippen LogP) is 3.92. The summed E-state index contributed by atoms with van der Waals surface area (Å²) in [5.41, 5.74) is -0.688. The van der Waals surface area contributed by atoms with Gasteiger partial charge >= 0.3 is 11.7 Å². The van der Waals surface area contributed by atoms with Crippen molar-refractivity contribution in [3.63, 3.8) is 0 Å². The van der Waals surface area contributed by atoms with Crippen molar-refractivity contribution in [2.75, 3.05) is 0 Å². The molecule has 0 saturated heterocycles. The predicted molar refractivity (Wildman–Crippen MR) is 128 cm³/mol. The summed E-state index contributed by atoms with van der Waals surface area (Å²) in [6.45, 7) is 7.88. The highest BCUT2D eigenvalue weighted by Gasteiger charge is 2.29. The van der Waals surface area contributed by atoms with Crippen LogP contribution in [0.2, 0.25) is 0 Å². The monoisotopic (exact) mass is 542 g/mol. The van der Waals surface area contributed by atoms with Crippen LogP contribution in [0.5, 0.6) is 0 Å². The molecule has 0 amide bonds. The van der Waals surface area contributed by atoms with Crippen LogP contribution in [0.15, 0.2) is 19.7 Å². The number of allylic oxidation sites excluding steroid dienone is 1. The molecule has 2 aromatic rings. The van der Waals surface area contributed by atoms with Gasteiger partial charge in [-0.2, -0.15) is 0 Å². The van der Waals surface area contributed by atoms with Crippen molar-refractivity contribution in [2.24, 2.45) is 5.41 Å². The van der Waals surface area contributed by atoms with E-state index in [1.54, 1.807) is 29.9 Å². The number of nitrogens with zero attached hydrogens (tertiary/aromatic N) is 4. The van der Waals surface area contributed by atoms with Gasteiger partial charge in [0.15, 0.2) is 17.9 Å². The van der Waals surface area contributed by atoms with Gasteiger partial charge < -0.3 is 4.74 Å². The standard InChI is InChI=1S/C22H31IN4O4/c1-5-12-26-19(28)16-18(25(21(26)30)13-8-11-23)24-17(15-9-6-7-10-15)27(16)14-31-20(29)22(2,3)4/h8,11,15H,5-7,9-10,12-14H2,1-4H3. The van der Waals surface area contributed by atoms with Crippen LogP contribution < -0.4 is 11.2 Å². The largest absolute Gasteiger partial charge is 0.443 e. The zero-order chi connectivity index (χ0) is 22.8. The summed E-state index contributed by atoms with van der Waals surface area (Å²) in [5, 5.41) is 0. The Morgan fingerprint density at radius 1 is 1.19 bits per heavy atom. The molecular weight excluding hydrogens is 511 g/mol. The Bertz CT molecular complexity index is 1100. The van der Waals surface area contributed by atoms with E-state index in [0.717, 1.165) is 31.5 Å². The molecule has 0 aliphatic heterocycles. The maximum Gasteiger partial charge on any atom is 0.333 e. The highest BCUT2D eigenvalue weighted by Crippen LogP contribution is 2.34. The molecule has 1 aliphatic carbocycles. The van der Waals surface area contributed by atoms with Crippen LogP contribution in [-0.4, -0.2) is 24.7 Å². The smallest absolute Gasteiger partial charge is 0.333 e. The first kappa shape index (κ1) is 23.7. The van der Waals surface area contributed by atoms with Crippen LogP contribution in [0.25, 0.3) is 11.2 Å². The molecule has 3 rings (SSSR count). The van der Waals surface area contributed by atoms with E-state index in [-0.39, 0.29) is 29.9 Å². The van der Waals surface area contributed by atoms with E-state index in [4.69, 9.17) is 9.72 Å². The summed E-state index contributed by atoms with van der Waals surface area (Å²) in [6.07, 6.45) is 6.65. The lowest BCUT2D eigenvalue weighted by Crippen LogP contribution is -2.40. The van der Waals surface area contributed by atoms with Gasteiger partial charge in [0.1, 0.15) is 5.82 Å². The van der Waals surface area contributed by atoms with E-state index in [9.17, 15) is 14.4 Å². The average molecular weight is 542 g/mol. The fraction of sp³-hybridized carbons (Fsp3) is 0.636. The first-order chi connectivity index (χ1) is 14.7. The molecule has 0 spiro atoms. The van der Waals surface area contributed by atoms with E-state index in [1.807, 2.05) is 17.1 Å². The zero-order valence-electron chi connectivity index (χ0n) is 18.7. The quantitative estimate of drug-likeness (QED) is 0.391. The normalized spacial score (nSPS) is 15.4. The van der Waals surface area contributed by atoms with Gasteiger partial charge in [0.25, 0.3) is 5.56 Å². The SMILES string of the molecule is CCCn1c(=O)c2c(nc(C3CCCC3)n2COC(=O)C(C)(C)C)n(CC=CI)c1=O. The number of ether oxygens (including phenoxy) is 1. The number of imidazole rings is 1. The fourth-order valence-electron chi connectivity index (χ4n) is 4.00. The minimum absolute atomic E-state index is 0.0832. The van der Waals surface area contributed by atoms with Crippen molar-refractivity contribution < 1.29 is 9.53 Å². The van der Waals surface area contributed by atoms with Crippen LogP contribution >= 0.6 is 22.6 Å². The Labute approximate surface area is 195 Å². The lowest BCUT2D eigenvalue weighted by molar-refractivity contribution is -0.156. The fourth-order valence-corrected chi connectivity index (χ4v) is 4.23. The molecule has 170 valence electrons. The lowest BCUT2D eigenvalue weighted by Gasteiger charge is -2.19. The van der Waals surface area contributed by atoms with Gasteiger partial charge in [-0.3, -0.25) is 23.3 Å². The van der Waals surface area contributed by atoms with E-state index in [0.29, 0.717) is 30.7 Å². The summed E-state index contributed by atoms with van der Waals surface area (Å²) in [4.78, 5) is 43.7. The molecule has 0 aromatic carbocycles. The molecule has 2 heterocycles.